The van der Waals surface area contributed by atoms with Gasteiger partial charge in [0.1, 0.15) is 11.2 Å². The van der Waals surface area contributed by atoms with E-state index in [1.54, 1.807) is 19.1 Å². The third-order valence-electron chi connectivity index (χ3n) is 4.23. The smallest absolute Gasteiger partial charge is 0.340 e. The molecule has 23 heavy (non-hydrogen) atoms. The molecule has 7 nitrogen and oxygen atoms in total. The molecule has 0 saturated carbocycles. The van der Waals surface area contributed by atoms with Crippen LogP contribution in [0.5, 0.6) is 0 Å². The van der Waals surface area contributed by atoms with Gasteiger partial charge in [-0.2, -0.15) is 0 Å². The number of esters is 1. The van der Waals surface area contributed by atoms with Crippen molar-refractivity contribution in [2.24, 2.45) is 10.9 Å². The van der Waals surface area contributed by atoms with Crippen molar-refractivity contribution < 1.29 is 18.7 Å². The number of amidine groups is 1. The number of carbonyl (C=O) groups is 2. The number of aromatic nitrogens is 1. The van der Waals surface area contributed by atoms with Crippen LogP contribution in [-0.2, 0) is 9.53 Å². The van der Waals surface area contributed by atoms with Crippen LogP contribution in [0.2, 0.25) is 0 Å². The zero-order chi connectivity index (χ0) is 16.8. The van der Waals surface area contributed by atoms with Crippen LogP contribution < -0.4 is 5.32 Å². The Bertz CT molecular complexity index is 837. The topological polar surface area (TPSA) is 93.8 Å². The molecular formula is C16H17N3O4. The van der Waals surface area contributed by atoms with E-state index in [9.17, 15) is 9.59 Å². The quantitative estimate of drug-likeness (QED) is 0.873. The maximum Gasteiger partial charge on any atom is 0.340 e. The van der Waals surface area contributed by atoms with Crippen LogP contribution in [0.15, 0.2) is 27.8 Å². The van der Waals surface area contributed by atoms with Crippen molar-refractivity contribution in [1.82, 2.24) is 10.3 Å². The van der Waals surface area contributed by atoms with Crippen molar-refractivity contribution >= 4 is 28.8 Å². The molecule has 2 aromatic heterocycles. The summed E-state index contributed by atoms with van der Waals surface area (Å²) < 4.78 is 10.1. The van der Waals surface area contributed by atoms with Crippen molar-refractivity contribution in [3.05, 3.63) is 29.7 Å². The minimum Gasteiger partial charge on any atom is -0.465 e. The molecule has 0 bridgehead atoms. The van der Waals surface area contributed by atoms with Crippen LogP contribution in [0.3, 0.4) is 0 Å². The summed E-state index contributed by atoms with van der Waals surface area (Å²) in [6.07, 6.45) is 1.48. The molecule has 1 amide bonds. The fourth-order valence-electron chi connectivity index (χ4n) is 2.39. The Labute approximate surface area is 132 Å². The van der Waals surface area contributed by atoms with Crippen LogP contribution in [0.25, 0.3) is 11.1 Å². The monoisotopic (exact) mass is 315 g/mol. The summed E-state index contributed by atoms with van der Waals surface area (Å²) in [7, 11) is 1.29. The number of pyridine rings is 1. The van der Waals surface area contributed by atoms with Crippen LogP contribution in [0.4, 0.5) is 0 Å². The summed E-state index contributed by atoms with van der Waals surface area (Å²) in [5.41, 5.74) is -0.0593. The van der Waals surface area contributed by atoms with Crippen LogP contribution in [0, 0.1) is 5.92 Å². The number of hydrogen-bond donors (Lipinski definition) is 1. The Morgan fingerprint density at radius 2 is 2.17 bits per heavy atom. The second kappa shape index (κ2) is 5.19. The van der Waals surface area contributed by atoms with Crippen molar-refractivity contribution in [2.45, 2.75) is 26.3 Å². The van der Waals surface area contributed by atoms with Gasteiger partial charge in [0.15, 0.2) is 5.84 Å². The van der Waals surface area contributed by atoms with Crippen molar-refractivity contribution in [1.29, 1.82) is 0 Å². The van der Waals surface area contributed by atoms with Gasteiger partial charge in [0.05, 0.1) is 18.9 Å². The van der Waals surface area contributed by atoms with Crippen molar-refractivity contribution in [3.63, 3.8) is 0 Å². The van der Waals surface area contributed by atoms with Crippen LogP contribution in [0.1, 0.15) is 36.8 Å². The van der Waals surface area contributed by atoms with Gasteiger partial charge in [-0.3, -0.25) is 4.79 Å². The molecule has 0 radical (unpaired) electrons. The molecule has 2 aromatic rings. The minimum atomic E-state index is -0.900. The highest BCUT2D eigenvalue weighted by Gasteiger charge is 2.43. The summed E-state index contributed by atoms with van der Waals surface area (Å²) in [5, 5.41) is 3.39. The third-order valence-corrected chi connectivity index (χ3v) is 4.23. The van der Waals surface area contributed by atoms with Gasteiger partial charge in [0.25, 0.3) is 5.91 Å². The molecule has 3 heterocycles. The summed E-state index contributed by atoms with van der Waals surface area (Å²) in [4.78, 5) is 33.2. The second-order valence-corrected chi connectivity index (χ2v) is 5.91. The standard InChI is InChI=1S/C16H17N3O4/c1-8(2)16(3)15(21)18-12(19-16)11-10(14(20)22-4)7-9-5-6-23-13(9)17-11/h5-8H,1-4H3,(H,18,19,21). The number of nitrogens with one attached hydrogen (secondary N) is 1. The minimum absolute atomic E-state index is 0.00563. The summed E-state index contributed by atoms with van der Waals surface area (Å²) >= 11 is 0. The molecule has 0 fully saturated rings. The van der Waals surface area contributed by atoms with E-state index in [-0.39, 0.29) is 28.9 Å². The number of furan rings is 1. The number of nitrogens with zero attached hydrogens (tertiary/aromatic N) is 2. The zero-order valence-corrected chi connectivity index (χ0v) is 13.3. The number of rotatable bonds is 3. The molecule has 1 aliphatic heterocycles. The van der Waals surface area contributed by atoms with Gasteiger partial charge in [-0.05, 0) is 25.0 Å². The van der Waals surface area contributed by atoms with Crippen LogP contribution in [-0.4, -0.2) is 35.3 Å². The molecule has 1 N–H and O–H groups in total. The van der Waals surface area contributed by atoms with E-state index in [1.165, 1.54) is 13.4 Å². The van der Waals surface area contributed by atoms with Gasteiger partial charge in [-0.15, -0.1) is 0 Å². The Hall–Kier alpha value is -2.70. The number of hydrogen-bond acceptors (Lipinski definition) is 6. The predicted octanol–water partition coefficient (Wildman–Crippen LogP) is 1.91. The number of fused-ring (bicyclic) bond motifs is 1. The van der Waals surface area contributed by atoms with E-state index < -0.39 is 11.5 Å². The molecule has 0 aromatic carbocycles. The molecule has 1 atom stereocenters. The molecule has 0 saturated heterocycles. The highest BCUT2D eigenvalue weighted by atomic mass is 16.5. The number of aliphatic imine (C=N–C) groups is 1. The maximum absolute atomic E-state index is 12.3. The first-order valence-electron chi connectivity index (χ1n) is 7.25. The third kappa shape index (κ3) is 2.28. The number of ether oxygens (including phenoxy) is 1. The fraction of sp³-hybridized carbons (Fsp3) is 0.375. The summed E-state index contributed by atoms with van der Waals surface area (Å²) in [6.45, 7) is 5.58. The summed E-state index contributed by atoms with van der Waals surface area (Å²) in [6, 6.07) is 3.32. The highest BCUT2D eigenvalue weighted by molar-refractivity contribution is 6.18. The van der Waals surface area contributed by atoms with E-state index in [0.717, 1.165) is 0 Å². The predicted molar refractivity (Wildman–Crippen MR) is 83.3 cm³/mol. The van der Waals surface area contributed by atoms with Gasteiger partial charge in [-0.25, -0.2) is 14.8 Å². The van der Waals surface area contributed by atoms with E-state index >= 15 is 0 Å². The second-order valence-electron chi connectivity index (χ2n) is 5.91. The molecule has 3 rings (SSSR count). The molecule has 0 spiro atoms. The molecule has 0 aliphatic carbocycles. The van der Waals surface area contributed by atoms with E-state index in [1.807, 2.05) is 13.8 Å². The van der Waals surface area contributed by atoms with E-state index in [4.69, 9.17) is 9.15 Å². The van der Waals surface area contributed by atoms with Gasteiger partial charge >= 0.3 is 5.97 Å². The van der Waals surface area contributed by atoms with Crippen molar-refractivity contribution in [2.75, 3.05) is 7.11 Å². The normalized spacial score (nSPS) is 20.7. The lowest BCUT2D eigenvalue weighted by atomic mass is 9.89. The lowest BCUT2D eigenvalue weighted by Gasteiger charge is -2.21. The molecule has 1 unspecified atom stereocenters. The number of carbonyl (C=O) groups excluding carboxylic acids is 2. The first-order valence-corrected chi connectivity index (χ1v) is 7.25. The highest BCUT2D eigenvalue weighted by Crippen LogP contribution is 2.28. The molecule has 1 aliphatic rings. The Morgan fingerprint density at radius 1 is 1.43 bits per heavy atom. The number of amides is 1. The largest absolute Gasteiger partial charge is 0.465 e. The molecule has 120 valence electrons. The zero-order valence-electron chi connectivity index (χ0n) is 13.3. The van der Waals surface area contributed by atoms with Crippen molar-refractivity contribution in [3.8, 4) is 0 Å². The fourth-order valence-corrected chi connectivity index (χ4v) is 2.39. The van der Waals surface area contributed by atoms with Gasteiger partial charge in [-0.1, -0.05) is 13.8 Å². The first-order chi connectivity index (χ1) is 10.9. The van der Waals surface area contributed by atoms with Gasteiger partial charge < -0.3 is 14.5 Å². The first kappa shape index (κ1) is 15.2. The summed E-state index contributed by atoms with van der Waals surface area (Å²) in [5.74, 6) is -0.524. The Balaban J connectivity index is 2.19. The Kier molecular flexibility index (Phi) is 3.43. The van der Waals surface area contributed by atoms with Gasteiger partial charge in [0.2, 0.25) is 5.71 Å². The average Bonchev–Trinajstić information content (AvgIpc) is 3.10. The lowest BCUT2D eigenvalue weighted by molar-refractivity contribution is -0.124. The van der Waals surface area contributed by atoms with E-state index in [2.05, 4.69) is 15.3 Å². The number of methoxy groups -OCH3 is 1. The molecular weight excluding hydrogens is 298 g/mol. The lowest BCUT2D eigenvalue weighted by Crippen LogP contribution is -2.41. The van der Waals surface area contributed by atoms with E-state index in [0.29, 0.717) is 11.1 Å². The van der Waals surface area contributed by atoms with Gasteiger partial charge in [0, 0.05) is 5.39 Å². The van der Waals surface area contributed by atoms with Crippen LogP contribution >= 0.6 is 0 Å². The average molecular weight is 315 g/mol. The molecule has 7 heteroatoms. The SMILES string of the molecule is COC(=O)c1cc2ccoc2nc1C1=NC(C)(C(C)C)C(=O)N1. The maximum atomic E-state index is 12.3. The Morgan fingerprint density at radius 3 is 2.78 bits per heavy atom.